The summed E-state index contributed by atoms with van der Waals surface area (Å²) in [4.78, 5) is 0. The summed E-state index contributed by atoms with van der Waals surface area (Å²) in [6.45, 7) is 1.52. The highest BCUT2D eigenvalue weighted by Crippen LogP contribution is 2.61. The fourth-order valence-electron chi connectivity index (χ4n) is 5.49. The van der Waals surface area contributed by atoms with E-state index in [4.69, 9.17) is 5.73 Å². The molecule has 1 aromatic heterocycles. The van der Waals surface area contributed by atoms with Crippen LogP contribution in [0.2, 0.25) is 0 Å². The van der Waals surface area contributed by atoms with Gasteiger partial charge in [-0.05, 0) is 68.1 Å². The number of aromatic nitrogens is 3. The Bertz CT molecular complexity index is 429. The Balaban J connectivity index is 1.44. The maximum Gasteiger partial charge on any atom is 0.0962 e. The summed E-state index contributed by atoms with van der Waals surface area (Å²) in [6, 6.07) is 0. The van der Waals surface area contributed by atoms with Crippen molar-refractivity contribution < 1.29 is 0 Å². The van der Waals surface area contributed by atoms with Gasteiger partial charge in [-0.2, -0.15) is 0 Å². The molecule has 0 atom stereocenters. The van der Waals surface area contributed by atoms with E-state index in [1.165, 1.54) is 44.9 Å². The minimum Gasteiger partial charge on any atom is -0.325 e. The van der Waals surface area contributed by atoms with Crippen molar-refractivity contribution in [2.45, 2.75) is 58.0 Å². The van der Waals surface area contributed by atoms with E-state index in [1.807, 2.05) is 10.9 Å². The number of rotatable bonds is 4. The first kappa shape index (κ1) is 11.9. The highest BCUT2D eigenvalue weighted by atomic mass is 15.4. The molecule has 0 spiro atoms. The van der Waals surface area contributed by atoms with Crippen LogP contribution in [0.5, 0.6) is 0 Å². The van der Waals surface area contributed by atoms with Crippen LogP contribution in [-0.4, -0.2) is 15.0 Å². The van der Waals surface area contributed by atoms with E-state index in [1.54, 1.807) is 0 Å². The van der Waals surface area contributed by atoms with Gasteiger partial charge in [0.05, 0.1) is 5.69 Å². The zero-order valence-corrected chi connectivity index (χ0v) is 11.6. The Morgan fingerprint density at radius 3 is 2.32 bits per heavy atom. The standard InChI is InChI=1S/C15H24N4/c16-9-14-10-19(18-17-14)2-1-15-6-11-3-12(7-15)5-13(4-11)8-15/h10-13H,1-9,16H2. The van der Waals surface area contributed by atoms with E-state index in [0.29, 0.717) is 12.0 Å². The lowest BCUT2D eigenvalue weighted by Gasteiger charge is -2.57. The maximum absolute atomic E-state index is 5.59. The molecule has 104 valence electrons. The molecule has 4 heteroatoms. The van der Waals surface area contributed by atoms with Crippen LogP contribution in [0.25, 0.3) is 0 Å². The van der Waals surface area contributed by atoms with Crippen molar-refractivity contribution in [3.05, 3.63) is 11.9 Å². The highest BCUT2D eigenvalue weighted by molar-refractivity contribution is 5.01. The van der Waals surface area contributed by atoms with E-state index in [9.17, 15) is 0 Å². The van der Waals surface area contributed by atoms with E-state index in [-0.39, 0.29) is 0 Å². The number of nitrogens with two attached hydrogens (primary N) is 1. The van der Waals surface area contributed by atoms with Gasteiger partial charge in [0.25, 0.3) is 0 Å². The molecule has 5 rings (SSSR count). The normalized spacial score (nSPS) is 39.9. The number of hydrogen-bond donors (Lipinski definition) is 1. The molecule has 0 unspecified atom stereocenters. The molecule has 4 nitrogen and oxygen atoms in total. The summed E-state index contributed by atoms with van der Waals surface area (Å²) in [5.41, 5.74) is 7.14. The van der Waals surface area contributed by atoms with E-state index >= 15 is 0 Å². The summed E-state index contributed by atoms with van der Waals surface area (Å²) >= 11 is 0. The Morgan fingerprint density at radius 2 is 1.79 bits per heavy atom. The third-order valence-corrected chi connectivity index (χ3v) is 5.83. The molecule has 0 amide bonds. The van der Waals surface area contributed by atoms with Crippen LogP contribution < -0.4 is 5.73 Å². The van der Waals surface area contributed by atoms with Gasteiger partial charge in [-0.25, -0.2) is 0 Å². The van der Waals surface area contributed by atoms with Gasteiger partial charge in [-0.15, -0.1) is 5.10 Å². The SMILES string of the molecule is NCc1cn(CCC23CC4CC(CC(C4)C2)C3)nn1. The molecule has 1 heterocycles. The Morgan fingerprint density at radius 1 is 1.16 bits per heavy atom. The first-order valence-electron chi connectivity index (χ1n) is 7.84. The molecule has 1 aromatic rings. The molecule has 4 fully saturated rings. The Labute approximate surface area is 114 Å². The number of nitrogens with zero attached hydrogens (tertiary/aromatic N) is 3. The van der Waals surface area contributed by atoms with Crippen LogP contribution in [0, 0.1) is 23.2 Å². The van der Waals surface area contributed by atoms with Crippen LogP contribution in [0.3, 0.4) is 0 Å². The van der Waals surface area contributed by atoms with E-state index in [2.05, 4.69) is 10.3 Å². The summed E-state index contributed by atoms with van der Waals surface area (Å²) in [7, 11) is 0. The molecule has 4 aliphatic carbocycles. The second kappa shape index (κ2) is 4.30. The fourth-order valence-corrected chi connectivity index (χ4v) is 5.49. The zero-order chi connectivity index (χ0) is 12.9. The highest BCUT2D eigenvalue weighted by Gasteiger charge is 2.50. The molecular weight excluding hydrogens is 236 g/mol. The maximum atomic E-state index is 5.59. The van der Waals surface area contributed by atoms with Crippen LogP contribution in [0.1, 0.15) is 50.6 Å². The predicted octanol–water partition coefficient (Wildman–Crippen LogP) is 2.34. The second-order valence-electron chi connectivity index (χ2n) is 7.34. The van der Waals surface area contributed by atoms with Gasteiger partial charge in [0.1, 0.15) is 0 Å². The van der Waals surface area contributed by atoms with Crippen molar-refractivity contribution in [1.29, 1.82) is 0 Å². The molecule has 4 saturated carbocycles. The lowest BCUT2D eigenvalue weighted by molar-refractivity contribution is -0.0596. The molecule has 4 aliphatic rings. The molecular formula is C15H24N4. The summed E-state index contributed by atoms with van der Waals surface area (Å²) in [5.74, 6) is 3.13. The van der Waals surface area contributed by atoms with Crippen LogP contribution in [-0.2, 0) is 13.1 Å². The third-order valence-electron chi connectivity index (χ3n) is 5.83. The van der Waals surface area contributed by atoms with Crippen molar-refractivity contribution >= 4 is 0 Å². The fraction of sp³-hybridized carbons (Fsp3) is 0.867. The Kier molecular flexibility index (Phi) is 2.69. The van der Waals surface area contributed by atoms with Gasteiger partial charge < -0.3 is 5.73 Å². The average Bonchev–Trinajstić information content (AvgIpc) is 2.83. The molecule has 19 heavy (non-hydrogen) atoms. The third kappa shape index (κ3) is 2.10. The average molecular weight is 260 g/mol. The molecule has 0 radical (unpaired) electrons. The number of hydrogen-bond acceptors (Lipinski definition) is 3. The van der Waals surface area contributed by atoms with Crippen molar-refractivity contribution in [2.24, 2.45) is 28.9 Å². The largest absolute Gasteiger partial charge is 0.325 e. The monoisotopic (exact) mass is 260 g/mol. The van der Waals surface area contributed by atoms with Crippen LogP contribution >= 0.6 is 0 Å². The van der Waals surface area contributed by atoms with E-state index in [0.717, 1.165) is 30.0 Å². The lowest BCUT2D eigenvalue weighted by atomic mass is 9.49. The first-order chi connectivity index (χ1) is 9.25. The smallest absolute Gasteiger partial charge is 0.0962 e. The molecule has 4 bridgehead atoms. The Hall–Kier alpha value is -0.900. The van der Waals surface area contributed by atoms with Crippen molar-refractivity contribution in [1.82, 2.24) is 15.0 Å². The van der Waals surface area contributed by atoms with Crippen molar-refractivity contribution in [3.63, 3.8) is 0 Å². The first-order valence-corrected chi connectivity index (χ1v) is 7.84. The molecule has 0 aromatic carbocycles. The van der Waals surface area contributed by atoms with Crippen LogP contribution in [0.15, 0.2) is 6.20 Å². The summed E-state index contributed by atoms with van der Waals surface area (Å²) in [6.07, 6.45) is 12.3. The number of aryl methyl sites for hydroxylation is 1. The van der Waals surface area contributed by atoms with Gasteiger partial charge >= 0.3 is 0 Å². The predicted molar refractivity (Wildman–Crippen MR) is 73.1 cm³/mol. The minimum atomic E-state index is 0.497. The minimum absolute atomic E-state index is 0.497. The van der Waals surface area contributed by atoms with E-state index < -0.39 is 0 Å². The van der Waals surface area contributed by atoms with Crippen LogP contribution in [0.4, 0.5) is 0 Å². The summed E-state index contributed by atoms with van der Waals surface area (Å²) < 4.78 is 2.00. The van der Waals surface area contributed by atoms with Gasteiger partial charge in [0.2, 0.25) is 0 Å². The van der Waals surface area contributed by atoms with Gasteiger partial charge in [0.15, 0.2) is 0 Å². The van der Waals surface area contributed by atoms with Gasteiger partial charge in [-0.3, -0.25) is 4.68 Å². The second-order valence-corrected chi connectivity index (χ2v) is 7.34. The van der Waals surface area contributed by atoms with Crippen molar-refractivity contribution in [2.75, 3.05) is 0 Å². The molecule has 2 N–H and O–H groups in total. The lowest BCUT2D eigenvalue weighted by Crippen LogP contribution is -2.46. The quantitative estimate of drug-likeness (QED) is 0.904. The molecule has 0 saturated heterocycles. The van der Waals surface area contributed by atoms with Crippen molar-refractivity contribution in [3.8, 4) is 0 Å². The zero-order valence-electron chi connectivity index (χ0n) is 11.6. The topological polar surface area (TPSA) is 56.7 Å². The van der Waals surface area contributed by atoms with Gasteiger partial charge in [0, 0.05) is 19.3 Å². The van der Waals surface area contributed by atoms with Gasteiger partial charge in [-0.1, -0.05) is 5.21 Å². The summed E-state index contributed by atoms with van der Waals surface area (Å²) in [5, 5.41) is 8.28. The molecule has 0 aliphatic heterocycles.